The number of Topliss-reactive ketones (excluding diaryl/α,β-unsaturated/α-hetero) is 1. The van der Waals surface area contributed by atoms with Crippen LogP contribution in [-0.2, 0) is 12.8 Å². The molecule has 0 unspecified atom stereocenters. The first-order valence-corrected chi connectivity index (χ1v) is 7.54. The van der Waals surface area contributed by atoms with Gasteiger partial charge in [-0.25, -0.2) is 0 Å². The zero-order valence-electron chi connectivity index (χ0n) is 12.3. The summed E-state index contributed by atoms with van der Waals surface area (Å²) >= 11 is 0. The number of hydrogen-bond donors (Lipinski definition) is 0. The van der Waals surface area contributed by atoms with Crippen LogP contribution >= 0.6 is 0 Å². The highest BCUT2D eigenvalue weighted by molar-refractivity contribution is 5.97. The Kier molecular flexibility index (Phi) is 4.20. The van der Waals surface area contributed by atoms with Gasteiger partial charge in [-0.05, 0) is 61.1 Å². The lowest BCUT2D eigenvalue weighted by atomic mass is 9.90. The van der Waals surface area contributed by atoms with Crippen LogP contribution in [0.5, 0.6) is 5.75 Å². The summed E-state index contributed by atoms with van der Waals surface area (Å²) in [5.41, 5.74) is 3.89. The van der Waals surface area contributed by atoms with Crippen LogP contribution in [-0.4, -0.2) is 12.4 Å². The van der Waals surface area contributed by atoms with Gasteiger partial charge in [0.2, 0.25) is 0 Å². The molecule has 0 aliphatic heterocycles. The Labute approximate surface area is 130 Å². The van der Waals surface area contributed by atoms with Gasteiger partial charge in [-0.1, -0.05) is 18.2 Å². The SMILES string of the molecule is N#Cc1cccc(OCC(=O)c2ccc3c(c2)CCCC3)c1. The quantitative estimate of drug-likeness (QED) is 0.807. The normalized spacial score (nSPS) is 13.0. The number of ether oxygens (including phenoxy) is 1. The van der Waals surface area contributed by atoms with E-state index in [1.54, 1.807) is 24.3 Å². The molecule has 2 aromatic rings. The topological polar surface area (TPSA) is 50.1 Å². The van der Waals surface area contributed by atoms with Gasteiger partial charge >= 0.3 is 0 Å². The minimum atomic E-state index is -0.0317. The van der Waals surface area contributed by atoms with Crippen LogP contribution in [0, 0.1) is 11.3 Å². The summed E-state index contributed by atoms with van der Waals surface area (Å²) in [5.74, 6) is 0.515. The lowest BCUT2D eigenvalue weighted by Crippen LogP contribution is -2.13. The molecule has 0 aromatic heterocycles. The molecule has 0 bridgehead atoms. The zero-order valence-corrected chi connectivity index (χ0v) is 12.3. The molecule has 3 rings (SSSR count). The molecule has 0 saturated heterocycles. The summed E-state index contributed by atoms with van der Waals surface area (Å²) in [6.45, 7) is -0.00628. The van der Waals surface area contributed by atoms with Crippen LogP contribution in [0.2, 0.25) is 0 Å². The maximum atomic E-state index is 12.3. The van der Waals surface area contributed by atoms with Gasteiger partial charge < -0.3 is 4.74 Å². The van der Waals surface area contributed by atoms with Crippen molar-refractivity contribution in [2.24, 2.45) is 0 Å². The van der Waals surface area contributed by atoms with E-state index in [1.807, 2.05) is 12.1 Å². The first-order chi connectivity index (χ1) is 10.8. The smallest absolute Gasteiger partial charge is 0.200 e. The number of carbonyl (C=O) groups is 1. The minimum Gasteiger partial charge on any atom is -0.485 e. The van der Waals surface area contributed by atoms with Crippen LogP contribution in [0.15, 0.2) is 42.5 Å². The molecule has 0 N–H and O–H groups in total. The van der Waals surface area contributed by atoms with Crippen LogP contribution < -0.4 is 4.74 Å². The monoisotopic (exact) mass is 291 g/mol. The highest BCUT2D eigenvalue weighted by Gasteiger charge is 2.13. The molecule has 2 aromatic carbocycles. The molecular formula is C19H17NO2. The summed E-state index contributed by atoms with van der Waals surface area (Å²) < 4.78 is 5.51. The van der Waals surface area contributed by atoms with Gasteiger partial charge in [0, 0.05) is 5.56 Å². The fraction of sp³-hybridized carbons (Fsp3) is 0.263. The predicted molar refractivity (Wildman–Crippen MR) is 84.1 cm³/mol. The maximum absolute atomic E-state index is 12.3. The molecule has 3 heteroatoms. The third-order valence-corrected chi connectivity index (χ3v) is 4.00. The molecule has 0 atom stereocenters. The second kappa shape index (κ2) is 6.44. The molecule has 0 saturated carbocycles. The lowest BCUT2D eigenvalue weighted by molar-refractivity contribution is 0.0921. The number of rotatable bonds is 4. The van der Waals surface area contributed by atoms with E-state index >= 15 is 0 Å². The average Bonchev–Trinajstić information content (AvgIpc) is 2.59. The van der Waals surface area contributed by atoms with Crippen molar-refractivity contribution in [3.05, 3.63) is 64.7 Å². The number of nitrogens with zero attached hydrogens (tertiary/aromatic N) is 1. The van der Waals surface area contributed by atoms with Crippen molar-refractivity contribution in [1.82, 2.24) is 0 Å². The molecule has 3 nitrogen and oxygen atoms in total. The molecule has 0 spiro atoms. The van der Waals surface area contributed by atoms with Gasteiger partial charge in [-0.2, -0.15) is 5.26 Å². The molecule has 1 aliphatic rings. The number of carbonyl (C=O) groups excluding carboxylic acids is 1. The molecular weight excluding hydrogens is 274 g/mol. The van der Waals surface area contributed by atoms with E-state index in [1.165, 1.54) is 24.0 Å². The highest BCUT2D eigenvalue weighted by atomic mass is 16.5. The summed E-state index contributed by atoms with van der Waals surface area (Å²) in [5, 5.41) is 8.86. The molecule has 0 radical (unpaired) electrons. The second-order valence-electron chi connectivity index (χ2n) is 5.54. The summed E-state index contributed by atoms with van der Waals surface area (Å²) in [7, 11) is 0. The maximum Gasteiger partial charge on any atom is 0.200 e. The number of nitriles is 1. The van der Waals surface area contributed by atoms with E-state index in [9.17, 15) is 4.79 Å². The largest absolute Gasteiger partial charge is 0.485 e. The van der Waals surface area contributed by atoms with Gasteiger partial charge in [0.15, 0.2) is 12.4 Å². The Bertz CT molecular complexity index is 743. The predicted octanol–water partition coefficient (Wildman–Crippen LogP) is 3.70. The van der Waals surface area contributed by atoms with Gasteiger partial charge in [0.25, 0.3) is 0 Å². The number of benzene rings is 2. The van der Waals surface area contributed by atoms with Crippen LogP contribution in [0.3, 0.4) is 0 Å². The Balaban J connectivity index is 1.68. The van der Waals surface area contributed by atoms with Crippen molar-refractivity contribution in [1.29, 1.82) is 5.26 Å². The molecule has 0 fully saturated rings. The standard InChI is InChI=1S/C19H17NO2/c20-12-14-4-3-7-18(10-14)22-13-19(21)17-9-8-15-5-1-2-6-16(15)11-17/h3-4,7-11H,1-2,5-6,13H2. The van der Waals surface area contributed by atoms with E-state index in [0.29, 0.717) is 16.9 Å². The summed E-state index contributed by atoms with van der Waals surface area (Å²) in [6, 6.07) is 14.9. The van der Waals surface area contributed by atoms with Gasteiger partial charge in [0.05, 0.1) is 11.6 Å². The van der Waals surface area contributed by atoms with E-state index in [4.69, 9.17) is 10.00 Å². The van der Waals surface area contributed by atoms with E-state index in [0.717, 1.165) is 12.8 Å². The fourth-order valence-corrected chi connectivity index (χ4v) is 2.79. The Morgan fingerprint density at radius 2 is 1.91 bits per heavy atom. The van der Waals surface area contributed by atoms with Gasteiger partial charge in [0.1, 0.15) is 5.75 Å². The molecule has 0 heterocycles. The third-order valence-electron chi connectivity index (χ3n) is 4.00. The van der Waals surface area contributed by atoms with Gasteiger partial charge in [-0.3, -0.25) is 4.79 Å². The van der Waals surface area contributed by atoms with Crippen LogP contribution in [0.1, 0.15) is 39.9 Å². The number of hydrogen-bond acceptors (Lipinski definition) is 3. The number of aryl methyl sites for hydroxylation is 2. The number of fused-ring (bicyclic) bond motifs is 1. The second-order valence-corrected chi connectivity index (χ2v) is 5.54. The highest BCUT2D eigenvalue weighted by Crippen LogP contribution is 2.22. The number of ketones is 1. The zero-order chi connectivity index (χ0) is 15.4. The molecule has 110 valence electrons. The molecule has 22 heavy (non-hydrogen) atoms. The van der Waals surface area contributed by atoms with Crippen LogP contribution in [0.25, 0.3) is 0 Å². The summed E-state index contributed by atoms with van der Waals surface area (Å²) in [4.78, 5) is 12.3. The van der Waals surface area contributed by atoms with Crippen molar-refractivity contribution < 1.29 is 9.53 Å². The molecule has 0 amide bonds. The first kappa shape index (κ1) is 14.3. The third kappa shape index (κ3) is 3.17. The van der Waals surface area contributed by atoms with E-state index in [-0.39, 0.29) is 12.4 Å². The van der Waals surface area contributed by atoms with Crippen molar-refractivity contribution >= 4 is 5.78 Å². The fourth-order valence-electron chi connectivity index (χ4n) is 2.79. The van der Waals surface area contributed by atoms with Crippen molar-refractivity contribution in [3.63, 3.8) is 0 Å². The van der Waals surface area contributed by atoms with E-state index in [2.05, 4.69) is 12.1 Å². The van der Waals surface area contributed by atoms with Crippen molar-refractivity contribution in [2.45, 2.75) is 25.7 Å². The Morgan fingerprint density at radius 3 is 2.73 bits per heavy atom. The van der Waals surface area contributed by atoms with Crippen LogP contribution in [0.4, 0.5) is 0 Å². The lowest BCUT2D eigenvalue weighted by Gasteiger charge is -2.16. The van der Waals surface area contributed by atoms with Crippen molar-refractivity contribution in [3.8, 4) is 11.8 Å². The first-order valence-electron chi connectivity index (χ1n) is 7.54. The van der Waals surface area contributed by atoms with Crippen molar-refractivity contribution in [2.75, 3.05) is 6.61 Å². The average molecular weight is 291 g/mol. The minimum absolute atomic E-state index is 0.00628. The Morgan fingerprint density at radius 1 is 1.09 bits per heavy atom. The summed E-state index contributed by atoms with van der Waals surface area (Å²) in [6.07, 6.45) is 4.60. The van der Waals surface area contributed by atoms with E-state index < -0.39 is 0 Å². The molecule has 1 aliphatic carbocycles. The van der Waals surface area contributed by atoms with Gasteiger partial charge in [-0.15, -0.1) is 0 Å². The Hall–Kier alpha value is -2.60.